The van der Waals surface area contributed by atoms with E-state index in [2.05, 4.69) is 39.9 Å². The normalized spacial score (nSPS) is 13.9. The minimum atomic E-state index is 0. The number of amides is 1. The van der Waals surface area contributed by atoms with Gasteiger partial charge in [0.25, 0.3) is 0 Å². The molecule has 156 valence electrons. The standard InChI is InChI=1S/C22H28N4O2.HI/c1-23-22(25-15-18-6-3-4-7-19(18)16-28-2)24-14-17-9-11-20(12-10-17)26-13-5-8-21(26)27;/h3-4,6-7,9-12H,5,8,13-16H2,1-2H3,(H2,23,24,25);1H. The van der Waals surface area contributed by atoms with Gasteiger partial charge in [0, 0.05) is 45.9 Å². The number of hydrogen-bond donors (Lipinski definition) is 2. The van der Waals surface area contributed by atoms with E-state index in [-0.39, 0.29) is 29.9 Å². The summed E-state index contributed by atoms with van der Waals surface area (Å²) >= 11 is 0. The third-order valence-electron chi connectivity index (χ3n) is 4.87. The fourth-order valence-electron chi connectivity index (χ4n) is 3.33. The fourth-order valence-corrected chi connectivity index (χ4v) is 3.33. The van der Waals surface area contributed by atoms with Crippen LogP contribution in [0.1, 0.15) is 29.5 Å². The van der Waals surface area contributed by atoms with Crippen molar-refractivity contribution in [2.24, 2.45) is 4.99 Å². The van der Waals surface area contributed by atoms with Crippen molar-refractivity contribution in [1.82, 2.24) is 10.6 Å². The maximum atomic E-state index is 11.8. The quantitative estimate of drug-likeness (QED) is 0.342. The van der Waals surface area contributed by atoms with Crippen LogP contribution in [0.2, 0.25) is 0 Å². The van der Waals surface area contributed by atoms with Gasteiger partial charge in [-0.3, -0.25) is 9.79 Å². The highest BCUT2D eigenvalue weighted by Gasteiger charge is 2.21. The molecule has 0 unspecified atom stereocenters. The molecule has 1 aliphatic rings. The number of nitrogens with one attached hydrogen (secondary N) is 2. The van der Waals surface area contributed by atoms with Crippen molar-refractivity contribution < 1.29 is 9.53 Å². The predicted octanol–water partition coefficient (Wildman–Crippen LogP) is 3.44. The number of methoxy groups -OCH3 is 1. The third-order valence-corrected chi connectivity index (χ3v) is 4.87. The summed E-state index contributed by atoms with van der Waals surface area (Å²) in [5, 5.41) is 6.68. The molecule has 0 radical (unpaired) electrons. The van der Waals surface area contributed by atoms with Gasteiger partial charge in [0.2, 0.25) is 5.91 Å². The van der Waals surface area contributed by atoms with Gasteiger partial charge in [-0.05, 0) is 35.2 Å². The number of ether oxygens (including phenoxy) is 1. The zero-order valence-corrected chi connectivity index (χ0v) is 19.3. The first-order chi connectivity index (χ1) is 13.7. The molecular weight excluding hydrogens is 479 g/mol. The number of carbonyl (C=O) groups excluding carboxylic acids is 1. The first-order valence-electron chi connectivity index (χ1n) is 9.61. The Morgan fingerprint density at radius 1 is 1.07 bits per heavy atom. The predicted molar refractivity (Wildman–Crippen MR) is 128 cm³/mol. The summed E-state index contributed by atoms with van der Waals surface area (Å²) < 4.78 is 5.26. The van der Waals surface area contributed by atoms with Gasteiger partial charge in [0.1, 0.15) is 0 Å². The summed E-state index contributed by atoms with van der Waals surface area (Å²) in [6, 6.07) is 16.3. The highest BCUT2D eigenvalue weighted by atomic mass is 127. The summed E-state index contributed by atoms with van der Waals surface area (Å²) in [5.41, 5.74) is 4.47. The molecule has 1 amide bonds. The van der Waals surface area contributed by atoms with Gasteiger partial charge >= 0.3 is 0 Å². The molecule has 0 atom stereocenters. The second kappa shape index (κ2) is 11.8. The Bertz CT molecular complexity index is 824. The van der Waals surface area contributed by atoms with Crippen LogP contribution in [0.5, 0.6) is 0 Å². The molecule has 7 heteroatoms. The lowest BCUT2D eigenvalue weighted by Gasteiger charge is -2.17. The van der Waals surface area contributed by atoms with E-state index in [1.165, 1.54) is 11.1 Å². The van der Waals surface area contributed by atoms with Crippen LogP contribution < -0.4 is 15.5 Å². The van der Waals surface area contributed by atoms with Crippen molar-refractivity contribution in [2.75, 3.05) is 25.6 Å². The van der Waals surface area contributed by atoms with Gasteiger partial charge < -0.3 is 20.3 Å². The average molecular weight is 508 g/mol. The van der Waals surface area contributed by atoms with E-state index in [4.69, 9.17) is 4.74 Å². The molecule has 0 bridgehead atoms. The Labute approximate surface area is 189 Å². The van der Waals surface area contributed by atoms with E-state index < -0.39 is 0 Å². The molecule has 0 aliphatic carbocycles. The topological polar surface area (TPSA) is 66.0 Å². The summed E-state index contributed by atoms with van der Waals surface area (Å²) in [4.78, 5) is 18.0. The van der Waals surface area contributed by atoms with Gasteiger partial charge in [-0.15, -0.1) is 24.0 Å². The lowest BCUT2D eigenvalue weighted by atomic mass is 10.1. The summed E-state index contributed by atoms with van der Waals surface area (Å²) in [5.74, 6) is 0.954. The molecule has 29 heavy (non-hydrogen) atoms. The van der Waals surface area contributed by atoms with E-state index in [9.17, 15) is 4.79 Å². The number of hydrogen-bond acceptors (Lipinski definition) is 3. The molecule has 3 rings (SSSR count). The minimum absolute atomic E-state index is 0. The number of benzene rings is 2. The van der Waals surface area contributed by atoms with Crippen LogP contribution in [-0.2, 0) is 29.2 Å². The number of guanidine groups is 1. The van der Waals surface area contributed by atoms with Crippen LogP contribution >= 0.6 is 24.0 Å². The SMILES string of the molecule is CN=C(NCc1ccc(N2CCCC2=O)cc1)NCc1ccccc1COC.I. The third kappa shape index (κ3) is 6.43. The number of anilines is 1. The van der Waals surface area contributed by atoms with Crippen molar-refractivity contribution in [3.05, 3.63) is 65.2 Å². The van der Waals surface area contributed by atoms with E-state index in [1.54, 1.807) is 14.2 Å². The van der Waals surface area contributed by atoms with Crippen LogP contribution in [0.25, 0.3) is 0 Å². The monoisotopic (exact) mass is 508 g/mol. The average Bonchev–Trinajstić information content (AvgIpc) is 3.16. The van der Waals surface area contributed by atoms with Crippen LogP contribution in [0.3, 0.4) is 0 Å². The molecule has 1 aliphatic heterocycles. The molecule has 0 aromatic heterocycles. The van der Waals surface area contributed by atoms with E-state index in [0.29, 0.717) is 26.1 Å². The number of aliphatic imine (C=N–C) groups is 1. The highest BCUT2D eigenvalue weighted by Crippen LogP contribution is 2.21. The van der Waals surface area contributed by atoms with Crippen molar-refractivity contribution in [2.45, 2.75) is 32.5 Å². The fraction of sp³-hybridized carbons (Fsp3) is 0.364. The summed E-state index contributed by atoms with van der Waals surface area (Å²) in [6.45, 7) is 2.75. The van der Waals surface area contributed by atoms with Crippen molar-refractivity contribution >= 4 is 41.5 Å². The Balaban J connectivity index is 0.00000300. The zero-order chi connectivity index (χ0) is 19.8. The largest absolute Gasteiger partial charge is 0.380 e. The smallest absolute Gasteiger partial charge is 0.227 e. The first kappa shape index (κ1) is 23.2. The molecule has 1 saturated heterocycles. The second-order valence-corrected chi connectivity index (χ2v) is 6.80. The number of rotatable bonds is 7. The van der Waals surface area contributed by atoms with Gasteiger partial charge in [-0.2, -0.15) is 0 Å². The number of nitrogens with zero attached hydrogens (tertiary/aromatic N) is 2. The molecule has 1 fully saturated rings. The van der Waals surface area contributed by atoms with Gasteiger partial charge in [0.05, 0.1) is 6.61 Å². The second-order valence-electron chi connectivity index (χ2n) is 6.80. The Morgan fingerprint density at radius 3 is 2.38 bits per heavy atom. The van der Waals surface area contributed by atoms with Crippen molar-refractivity contribution in [1.29, 1.82) is 0 Å². The zero-order valence-electron chi connectivity index (χ0n) is 17.0. The summed E-state index contributed by atoms with van der Waals surface area (Å²) in [6.07, 6.45) is 1.59. The van der Waals surface area contributed by atoms with Crippen molar-refractivity contribution in [3.63, 3.8) is 0 Å². The van der Waals surface area contributed by atoms with Gasteiger partial charge in [-0.1, -0.05) is 36.4 Å². The lowest BCUT2D eigenvalue weighted by molar-refractivity contribution is -0.117. The van der Waals surface area contributed by atoms with E-state index >= 15 is 0 Å². The van der Waals surface area contributed by atoms with Gasteiger partial charge in [-0.25, -0.2) is 0 Å². The molecule has 2 aromatic rings. The number of carbonyl (C=O) groups is 1. The van der Waals surface area contributed by atoms with Crippen LogP contribution in [0, 0.1) is 0 Å². The molecule has 0 saturated carbocycles. The number of halogens is 1. The highest BCUT2D eigenvalue weighted by molar-refractivity contribution is 14.0. The van der Waals surface area contributed by atoms with Crippen LogP contribution in [0.4, 0.5) is 5.69 Å². The lowest BCUT2D eigenvalue weighted by Crippen LogP contribution is -2.36. The summed E-state index contributed by atoms with van der Waals surface area (Å²) in [7, 11) is 3.47. The molecule has 2 N–H and O–H groups in total. The minimum Gasteiger partial charge on any atom is -0.380 e. The Kier molecular flexibility index (Phi) is 9.40. The molecule has 1 heterocycles. The van der Waals surface area contributed by atoms with Gasteiger partial charge in [0.15, 0.2) is 5.96 Å². The van der Waals surface area contributed by atoms with E-state index in [1.807, 2.05) is 29.2 Å². The molecular formula is C22H29IN4O2. The maximum Gasteiger partial charge on any atom is 0.227 e. The first-order valence-corrected chi connectivity index (χ1v) is 9.61. The van der Waals surface area contributed by atoms with Crippen LogP contribution in [-0.4, -0.2) is 32.6 Å². The van der Waals surface area contributed by atoms with E-state index in [0.717, 1.165) is 30.2 Å². The Hall–Kier alpha value is -2.13. The molecule has 6 nitrogen and oxygen atoms in total. The maximum absolute atomic E-state index is 11.8. The Morgan fingerprint density at radius 2 is 1.76 bits per heavy atom. The molecule has 2 aromatic carbocycles. The van der Waals surface area contributed by atoms with Crippen LogP contribution in [0.15, 0.2) is 53.5 Å². The molecule has 0 spiro atoms. The van der Waals surface area contributed by atoms with Crippen molar-refractivity contribution in [3.8, 4) is 0 Å².